The van der Waals surface area contributed by atoms with Crippen molar-refractivity contribution in [1.82, 2.24) is 0 Å². The van der Waals surface area contributed by atoms with E-state index < -0.39 is 11.7 Å². The molecule has 0 amide bonds. The van der Waals surface area contributed by atoms with Crippen molar-refractivity contribution >= 4 is 0 Å². The molecule has 0 radical (unpaired) electrons. The molecule has 1 aromatic rings. The molecule has 0 aliphatic rings. The van der Waals surface area contributed by atoms with Crippen molar-refractivity contribution in [1.29, 1.82) is 0 Å². The largest absolute Gasteiger partial charge is 0.416 e. The Labute approximate surface area is 88.1 Å². The molecular formula is C12H15F3. The Hall–Kier alpha value is -0.990. The van der Waals surface area contributed by atoms with E-state index in [1.165, 1.54) is 6.07 Å². The van der Waals surface area contributed by atoms with Crippen LogP contribution in [0.25, 0.3) is 0 Å². The minimum absolute atomic E-state index is 0.459. The van der Waals surface area contributed by atoms with Gasteiger partial charge in [-0.2, -0.15) is 13.2 Å². The highest BCUT2D eigenvalue weighted by Gasteiger charge is 2.30. The lowest BCUT2D eigenvalue weighted by Crippen LogP contribution is -2.06. The van der Waals surface area contributed by atoms with Crippen LogP contribution in [0.3, 0.4) is 0 Å². The summed E-state index contributed by atoms with van der Waals surface area (Å²) in [7, 11) is 0. The summed E-state index contributed by atoms with van der Waals surface area (Å²) >= 11 is 0. The fraction of sp³-hybridized carbons (Fsp3) is 0.500. The van der Waals surface area contributed by atoms with Gasteiger partial charge in [0, 0.05) is 0 Å². The van der Waals surface area contributed by atoms with E-state index in [4.69, 9.17) is 0 Å². The van der Waals surface area contributed by atoms with Gasteiger partial charge in [0.1, 0.15) is 0 Å². The minimum atomic E-state index is -4.23. The summed E-state index contributed by atoms with van der Waals surface area (Å²) in [5.74, 6) is 0.459. The van der Waals surface area contributed by atoms with Crippen molar-refractivity contribution in [2.75, 3.05) is 0 Å². The van der Waals surface area contributed by atoms with Crippen LogP contribution in [0.5, 0.6) is 0 Å². The molecule has 0 heterocycles. The Morgan fingerprint density at radius 2 is 1.80 bits per heavy atom. The molecule has 0 spiro atoms. The van der Waals surface area contributed by atoms with Crippen LogP contribution in [0.1, 0.15) is 30.5 Å². The van der Waals surface area contributed by atoms with Gasteiger partial charge in [0.15, 0.2) is 0 Å². The fourth-order valence-corrected chi connectivity index (χ4v) is 1.54. The average molecular weight is 216 g/mol. The van der Waals surface area contributed by atoms with E-state index in [0.29, 0.717) is 5.92 Å². The van der Waals surface area contributed by atoms with Crippen LogP contribution < -0.4 is 0 Å². The highest BCUT2D eigenvalue weighted by Crippen LogP contribution is 2.30. The lowest BCUT2D eigenvalue weighted by Gasteiger charge is -2.12. The number of aryl methyl sites for hydroxylation is 1. The Morgan fingerprint density at radius 3 is 2.20 bits per heavy atom. The highest BCUT2D eigenvalue weighted by molar-refractivity contribution is 5.32. The van der Waals surface area contributed by atoms with E-state index >= 15 is 0 Å². The number of alkyl halides is 3. The summed E-state index contributed by atoms with van der Waals surface area (Å²) in [6.45, 7) is 5.83. The SMILES string of the molecule is Cc1cc(C(F)(F)F)ccc1CC(C)C. The summed E-state index contributed by atoms with van der Waals surface area (Å²) in [5, 5.41) is 0. The Bertz CT molecular complexity index is 337. The van der Waals surface area contributed by atoms with Crippen LogP contribution >= 0.6 is 0 Å². The van der Waals surface area contributed by atoms with E-state index in [1.54, 1.807) is 13.0 Å². The molecule has 0 fully saturated rings. The number of benzene rings is 1. The van der Waals surface area contributed by atoms with E-state index in [2.05, 4.69) is 13.8 Å². The third-order valence-electron chi connectivity index (χ3n) is 2.30. The van der Waals surface area contributed by atoms with Gasteiger partial charge in [-0.3, -0.25) is 0 Å². The lowest BCUT2D eigenvalue weighted by molar-refractivity contribution is -0.137. The maximum atomic E-state index is 12.4. The number of hydrogen-bond donors (Lipinski definition) is 0. The third kappa shape index (κ3) is 3.26. The summed E-state index contributed by atoms with van der Waals surface area (Å²) in [6, 6.07) is 3.96. The van der Waals surface area contributed by atoms with E-state index in [9.17, 15) is 13.2 Å². The highest BCUT2D eigenvalue weighted by atomic mass is 19.4. The number of rotatable bonds is 2. The summed E-state index contributed by atoms with van der Waals surface area (Å²) < 4.78 is 37.1. The lowest BCUT2D eigenvalue weighted by atomic mass is 9.97. The van der Waals surface area contributed by atoms with Gasteiger partial charge in [-0.15, -0.1) is 0 Å². The maximum Gasteiger partial charge on any atom is 0.416 e. The molecule has 0 unspecified atom stereocenters. The molecule has 0 aromatic heterocycles. The van der Waals surface area contributed by atoms with Crippen LogP contribution in [0, 0.1) is 12.8 Å². The third-order valence-corrected chi connectivity index (χ3v) is 2.30. The van der Waals surface area contributed by atoms with Crippen molar-refractivity contribution in [3.63, 3.8) is 0 Å². The first-order valence-corrected chi connectivity index (χ1v) is 4.97. The van der Waals surface area contributed by atoms with E-state index in [0.717, 1.165) is 23.6 Å². The van der Waals surface area contributed by atoms with Crippen molar-refractivity contribution in [2.24, 2.45) is 5.92 Å². The Kier molecular flexibility index (Phi) is 3.42. The molecule has 0 saturated carbocycles. The minimum Gasteiger partial charge on any atom is -0.166 e. The Balaban J connectivity index is 2.98. The first kappa shape index (κ1) is 12.1. The quantitative estimate of drug-likeness (QED) is 0.694. The van der Waals surface area contributed by atoms with Crippen LogP contribution in [0.15, 0.2) is 18.2 Å². The average Bonchev–Trinajstić information content (AvgIpc) is 2.05. The standard InChI is InChI=1S/C12H15F3/c1-8(2)6-10-4-5-11(7-9(10)3)12(13,14)15/h4-5,7-8H,6H2,1-3H3. The number of halogens is 3. The van der Waals surface area contributed by atoms with Crippen molar-refractivity contribution < 1.29 is 13.2 Å². The second-order valence-electron chi connectivity index (χ2n) is 4.24. The zero-order valence-corrected chi connectivity index (χ0v) is 9.15. The molecule has 3 heteroatoms. The number of hydrogen-bond acceptors (Lipinski definition) is 0. The zero-order valence-electron chi connectivity index (χ0n) is 9.15. The fourth-order valence-electron chi connectivity index (χ4n) is 1.54. The van der Waals surface area contributed by atoms with E-state index in [-0.39, 0.29) is 0 Å². The molecule has 1 aromatic carbocycles. The topological polar surface area (TPSA) is 0 Å². The predicted molar refractivity (Wildman–Crippen MR) is 54.7 cm³/mol. The second kappa shape index (κ2) is 4.25. The summed E-state index contributed by atoms with van der Waals surface area (Å²) in [6.07, 6.45) is -3.41. The molecule has 0 nitrogen and oxygen atoms in total. The molecule has 84 valence electrons. The molecule has 0 saturated heterocycles. The van der Waals surface area contributed by atoms with Crippen molar-refractivity contribution in [3.05, 3.63) is 34.9 Å². The maximum absolute atomic E-state index is 12.4. The summed E-state index contributed by atoms with van der Waals surface area (Å²) in [4.78, 5) is 0. The van der Waals surface area contributed by atoms with Gasteiger partial charge < -0.3 is 0 Å². The molecule has 0 aliphatic carbocycles. The van der Waals surface area contributed by atoms with Gasteiger partial charge in [0.05, 0.1) is 5.56 Å². The van der Waals surface area contributed by atoms with Crippen LogP contribution in [-0.4, -0.2) is 0 Å². The van der Waals surface area contributed by atoms with Gasteiger partial charge in [-0.05, 0) is 42.5 Å². The Morgan fingerprint density at radius 1 is 1.20 bits per heavy atom. The molecule has 15 heavy (non-hydrogen) atoms. The first-order valence-electron chi connectivity index (χ1n) is 4.97. The smallest absolute Gasteiger partial charge is 0.166 e. The van der Waals surface area contributed by atoms with Crippen molar-refractivity contribution in [2.45, 2.75) is 33.4 Å². The summed E-state index contributed by atoms with van der Waals surface area (Å²) in [5.41, 5.74) is 1.16. The van der Waals surface area contributed by atoms with Crippen LogP contribution in [-0.2, 0) is 12.6 Å². The van der Waals surface area contributed by atoms with Crippen molar-refractivity contribution in [3.8, 4) is 0 Å². The zero-order chi connectivity index (χ0) is 11.6. The van der Waals surface area contributed by atoms with Gasteiger partial charge in [-0.1, -0.05) is 19.9 Å². The van der Waals surface area contributed by atoms with E-state index in [1.807, 2.05) is 0 Å². The molecule has 0 N–H and O–H groups in total. The van der Waals surface area contributed by atoms with Gasteiger partial charge in [0.25, 0.3) is 0 Å². The molecule has 0 bridgehead atoms. The molecule has 0 aliphatic heterocycles. The monoisotopic (exact) mass is 216 g/mol. The molecular weight excluding hydrogens is 201 g/mol. The van der Waals surface area contributed by atoms with Gasteiger partial charge >= 0.3 is 6.18 Å². The second-order valence-corrected chi connectivity index (χ2v) is 4.24. The molecule has 1 rings (SSSR count). The van der Waals surface area contributed by atoms with Crippen LogP contribution in [0.2, 0.25) is 0 Å². The first-order chi connectivity index (χ1) is 6.80. The normalized spacial score (nSPS) is 12.2. The molecule has 0 atom stereocenters. The van der Waals surface area contributed by atoms with Crippen LogP contribution in [0.4, 0.5) is 13.2 Å². The van der Waals surface area contributed by atoms with Gasteiger partial charge in [-0.25, -0.2) is 0 Å². The predicted octanol–water partition coefficient (Wildman–Crippen LogP) is 4.21. The van der Waals surface area contributed by atoms with Gasteiger partial charge in [0.2, 0.25) is 0 Å².